The lowest BCUT2D eigenvalue weighted by molar-refractivity contribution is -0.143. The second-order valence-electron chi connectivity index (χ2n) is 4.10. The minimum atomic E-state index is -1.27. The van der Waals surface area contributed by atoms with E-state index < -0.39 is 29.9 Å². The molecule has 0 heterocycles. The number of carbonyl (C=O) groups is 3. The van der Waals surface area contributed by atoms with Crippen molar-refractivity contribution in [2.45, 2.75) is 38.8 Å². The fourth-order valence-electron chi connectivity index (χ4n) is 1.10. The highest BCUT2D eigenvalue weighted by Crippen LogP contribution is 2.02. The Morgan fingerprint density at radius 3 is 2.12 bits per heavy atom. The van der Waals surface area contributed by atoms with Gasteiger partial charge in [-0.2, -0.15) is 0 Å². The van der Waals surface area contributed by atoms with E-state index in [0.29, 0.717) is 0 Å². The molecule has 1 amide bonds. The van der Waals surface area contributed by atoms with Crippen LogP contribution < -0.4 is 11.1 Å². The zero-order chi connectivity index (χ0) is 13.6. The topological polar surface area (TPSA) is 130 Å². The van der Waals surface area contributed by atoms with Crippen LogP contribution in [-0.4, -0.2) is 40.1 Å². The molecule has 17 heavy (non-hydrogen) atoms. The average molecular weight is 246 g/mol. The van der Waals surface area contributed by atoms with E-state index in [4.69, 9.17) is 15.9 Å². The first-order valence-electron chi connectivity index (χ1n) is 5.26. The van der Waals surface area contributed by atoms with Crippen LogP contribution in [0, 0.1) is 5.92 Å². The van der Waals surface area contributed by atoms with Gasteiger partial charge in [-0.15, -0.1) is 0 Å². The lowest BCUT2D eigenvalue weighted by Crippen LogP contribution is -2.50. The molecule has 2 atom stereocenters. The maximum atomic E-state index is 11.5. The van der Waals surface area contributed by atoms with Crippen LogP contribution in [0.2, 0.25) is 0 Å². The molecule has 0 radical (unpaired) electrons. The standard InChI is InChI=1S/C10H18N2O5/c1-5(2)8(11)9(15)12-6(10(16)17)3-4-7(13)14/h5-6,8H,3-4,11H2,1-2H3,(H,12,15)(H,13,14)(H,16,17)/t6-,8?/m0/s1. The van der Waals surface area contributed by atoms with Crippen molar-refractivity contribution >= 4 is 17.8 Å². The summed E-state index contributed by atoms with van der Waals surface area (Å²) in [5.41, 5.74) is 5.54. The fraction of sp³-hybridized carbons (Fsp3) is 0.700. The normalized spacial score (nSPS) is 14.1. The van der Waals surface area contributed by atoms with E-state index >= 15 is 0 Å². The maximum Gasteiger partial charge on any atom is 0.326 e. The summed E-state index contributed by atoms with van der Waals surface area (Å²) < 4.78 is 0. The minimum Gasteiger partial charge on any atom is -0.481 e. The van der Waals surface area contributed by atoms with Gasteiger partial charge in [0.05, 0.1) is 6.04 Å². The van der Waals surface area contributed by atoms with Gasteiger partial charge in [0.2, 0.25) is 5.91 Å². The third-order valence-electron chi connectivity index (χ3n) is 2.28. The molecule has 0 aliphatic carbocycles. The Labute approximate surface area is 99.0 Å². The van der Waals surface area contributed by atoms with Gasteiger partial charge in [0.15, 0.2) is 0 Å². The van der Waals surface area contributed by atoms with Crippen LogP contribution in [0.15, 0.2) is 0 Å². The SMILES string of the molecule is CC(C)C(N)C(=O)N[C@@H](CCC(=O)O)C(=O)O. The first kappa shape index (κ1) is 15.4. The molecule has 0 aliphatic rings. The Balaban J connectivity index is 4.39. The summed E-state index contributed by atoms with van der Waals surface area (Å²) in [6, 6.07) is -2.02. The van der Waals surface area contributed by atoms with E-state index in [0.717, 1.165) is 0 Å². The van der Waals surface area contributed by atoms with Crippen molar-refractivity contribution in [3.8, 4) is 0 Å². The van der Waals surface area contributed by atoms with Crippen molar-refractivity contribution < 1.29 is 24.6 Å². The van der Waals surface area contributed by atoms with E-state index in [1.807, 2.05) is 0 Å². The summed E-state index contributed by atoms with van der Waals surface area (Å²) >= 11 is 0. The highest BCUT2D eigenvalue weighted by molar-refractivity contribution is 5.87. The molecule has 7 heteroatoms. The molecule has 0 rings (SSSR count). The Bertz CT molecular complexity index is 303. The maximum absolute atomic E-state index is 11.5. The molecule has 0 aromatic rings. The van der Waals surface area contributed by atoms with Gasteiger partial charge in [-0.25, -0.2) is 4.79 Å². The van der Waals surface area contributed by atoms with Crippen molar-refractivity contribution in [3.63, 3.8) is 0 Å². The molecule has 0 fully saturated rings. The molecule has 0 aliphatic heterocycles. The molecule has 0 aromatic carbocycles. The Kier molecular flexibility index (Phi) is 6.19. The Hall–Kier alpha value is -1.63. The van der Waals surface area contributed by atoms with Crippen molar-refractivity contribution in [2.75, 3.05) is 0 Å². The number of hydrogen-bond acceptors (Lipinski definition) is 4. The lowest BCUT2D eigenvalue weighted by atomic mass is 10.0. The van der Waals surface area contributed by atoms with Crippen LogP contribution in [-0.2, 0) is 14.4 Å². The lowest BCUT2D eigenvalue weighted by Gasteiger charge is -2.19. The third kappa shape index (κ3) is 5.86. The molecule has 0 bridgehead atoms. The monoisotopic (exact) mass is 246 g/mol. The van der Waals surface area contributed by atoms with Crippen LogP contribution in [0.1, 0.15) is 26.7 Å². The molecule has 98 valence electrons. The molecule has 7 nitrogen and oxygen atoms in total. The highest BCUT2D eigenvalue weighted by Gasteiger charge is 2.25. The fourth-order valence-corrected chi connectivity index (χ4v) is 1.10. The van der Waals surface area contributed by atoms with Crippen molar-refractivity contribution in [1.82, 2.24) is 5.32 Å². The molecule has 0 spiro atoms. The number of hydrogen-bond donors (Lipinski definition) is 4. The first-order valence-corrected chi connectivity index (χ1v) is 5.26. The number of aliphatic carboxylic acids is 2. The third-order valence-corrected chi connectivity index (χ3v) is 2.28. The summed E-state index contributed by atoms with van der Waals surface area (Å²) in [6.07, 6.45) is -0.491. The number of nitrogens with one attached hydrogen (secondary N) is 1. The number of nitrogens with two attached hydrogens (primary N) is 1. The molecule has 5 N–H and O–H groups in total. The summed E-state index contributed by atoms with van der Waals surface area (Å²) in [4.78, 5) is 32.6. The van der Waals surface area contributed by atoms with Crippen LogP contribution in [0.3, 0.4) is 0 Å². The van der Waals surface area contributed by atoms with Gasteiger partial charge >= 0.3 is 11.9 Å². The molecule has 0 saturated carbocycles. The number of rotatable bonds is 7. The van der Waals surface area contributed by atoms with Gasteiger partial charge in [0, 0.05) is 6.42 Å². The summed E-state index contributed by atoms with van der Waals surface area (Å²) in [7, 11) is 0. The van der Waals surface area contributed by atoms with Gasteiger partial charge in [-0.1, -0.05) is 13.8 Å². The van der Waals surface area contributed by atoms with Gasteiger partial charge in [-0.3, -0.25) is 9.59 Å². The van der Waals surface area contributed by atoms with Crippen molar-refractivity contribution in [2.24, 2.45) is 11.7 Å². The molecule has 0 aromatic heterocycles. The summed E-state index contributed by atoms with van der Waals surface area (Å²) in [5, 5.41) is 19.5. The molecule has 1 unspecified atom stereocenters. The van der Waals surface area contributed by atoms with E-state index in [1.54, 1.807) is 13.8 Å². The number of carboxylic acids is 2. The van der Waals surface area contributed by atoms with Gasteiger partial charge < -0.3 is 21.3 Å². The van der Waals surface area contributed by atoms with Crippen LogP contribution >= 0.6 is 0 Å². The number of carboxylic acid groups (broad SMARTS) is 2. The summed E-state index contributed by atoms with van der Waals surface area (Å²) in [5.74, 6) is -3.09. The molecular formula is C10H18N2O5. The van der Waals surface area contributed by atoms with E-state index in [1.165, 1.54) is 0 Å². The Morgan fingerprint density at radius 1 is 1.24 bits per heavy atom. The number of amides is 1. The number of carbonyl (C=O) groups excluding carboxylic acids is 1. The predicted octanol–water partition coefficient (Wildman–Crippen LogP) is -0.596. The largest absolute Gasteiger partial charge is 0.481 e. The van der Waals surface area contributed by atoms with Crippen LogP contribution in [0.4, 0.5) is 0 Å². The van der Waals surface area contributed by atoms with Gasteiger partial charge in [0.1, 0.15) is 6.04 Å². The van der Waals surface area contributed by atoms with Crippen LogP contribution in [0.5, 0.6) is 0 Å². The van der Waals surface area contributed by atoms with Gasteiger partial charge in [0.25, 0.3) is 0 Å². The first-order chi connectivity index (χ1) is 7.75. The van der Waals surface area contributed by atoms with Gasteiger partial charge in [-0.05, 0) is 12.3 Å². The van der Waals surface area contributed by atoms with Crippen molar-refractivity contribution in [1.29, 1.82) is 0 Å². The second kappa shape index (κ2) is 6.85. The zero-order valence-electron chi connectivity index (χ0n) is 9.84. The zero-order valence-corrected chi connectivity index (χ0v) is 9.84. The minimum absolute atomic E-state index is 0.121. The smallest absolute Gasteiger partial charge is 0.326 e. The van der Waals surface area contributed by atoms with Crippen molar-refractivity contribution in [3.05, 3.63) is 0 Å². The molecule has 0 saturated heterocycles. The Morgan fingerprint density at radius 2 is 1.76 bits per heavy atom. The average Bonchev–Trinajstić information content (AvgIpc) is 2.21. The second-order valence-corrected chi connectivity index (χ2v) is 4.10. The highest BCUT2D eigenvalue weighted by atomic mass is 16.4. The van der Waals surface area contributed by atoms with E-state index in [-0.39, 0.29) is 18.8 Å². The van der Waals surface area contributed by atoms with Crippen LogP contribution in [0.25, 0.3) is 0 Å². The van der Waals surface area contributed by atoms with E-state index in [9.17, 15) is 14.4 Å². The van der Waals surface area contributed by atoms with E-state index in [2.05, 4.69) is 5.32 Å². The predicted molar refractivity (Wildman–Crippen MR) is 59.2 cm³/mol. The summed E-state index contributed by atoms with van der Waals surface area (Å²) in [6.45, 7) is 3.47. The molecular weight excluding hydrogens is 228 g/mol. The quantitative estimate of drug-likeness (QED) is 0.474.